The van der Waals surface area contributed by atoms with E-state index in [9.17, 15) is 4.79 Å². The van der Waals surface area contributed by atoms with E-state index in [1.54, 1.807) is 0 Å². The quantitative estimate of drug-likeness (QED) is 0.865. The average Bonchev–Trinajstić information content (AvgIpc) is 2.78. The third kappa shape index (κ3) is 2.59. The highest BCUT2D eigenvalue weighted by Crippen LogP contribution is 2.22. The molecule has 0 bridgehead atoms. The Balaban J connectivity index is 2.14. The molecule has 0 aromatic carbocycles. The van der Waals surface area contributed by atoms with Gasteiger partial charge in [0.15, 0.2) is 11.5 Å². The first-order valence-corrected chi connectivity index (χ1v) is 6.11. The number of hydrogen-bond donors (Lipinski definition) is 2. The number of carbonyl (C=O) groups excluding carboxylic acids is 1. The number of nitrogens with zero attached hydrogens (tertiary/aromatic N) is 4. The zero-order valence-electron chi connectivity index (χ0n) is 9.91. The fourth-order valence-corrected chi connectivity index (χ4v) is 1.94. The maximum absolute atomic E-state index is 11.9. The van der Waals surface area contributed by atoms with E-state index in [2.05, 4.69) is 25.5 Å². The summed E-state index contributed by atoms with van der Waals surface area (Å²) in [6.07, 6.45) is 2.83. The lowest BCUT2D eigenvalue weighted by Crippen LogP contribution is -2.16. The number of aromatic nitrogens is 4. The van der Waals surface area contributed by atoms with Crippen molar-refractivity contribution in [1.29, 1.82) is 0 Å². The first-order valence-electron chi connectivity index (χ1n) is 5.29. The van der Waals surface area contributed by atoms with Crippen LogP contribution >= 0.6 is 11.3 Å². The first-order chi connectivity index (χ1) is 8.58. The standard InChI is InChI=1S/C10H12N6OS/c1-5(2)9-15-16-10(18-9)14-8(17)6-7(11)13-4-3-12-6/h3-5H,1-2H3,(H2,11,13)(H,14,16,17). The lowest BCUT2D eigenvalue weighted by Gasteiger charge is -2.01. The molecule has 2 aromatic rings. The van der Waals surface area contributed by atoms with Crippen molar-refractivity contribution in [3.63, 3.8) is 0 Å². The summed E-state index contributed by atoms with van der Waals surface area (Å²) in [4.78, 5) is 19.5. The second-order valence-corrected chi connectivity index (χ2v) is 4.85. The molecule has 0 fully saturated rings. The zero-order chi connectivity index (χ0) is 13.1. The van der Waals surface area contributed by atoms with E-state index in [-0.39, 0.29) is 17.4 Å². The predicted molar refractivity (Wildman–Crippen MR) is 68.4 cm³/mol. The van der Waals surface area contributed by atoms with E-state index >= 15 is 0 Å². The molecule has 0 spiro atoms. The number of rotatable bonds is 3. The topological polar surface area (TPSA) is 107 Å². The SMILES string of the molecule is CC(C)c1nnc(NC(=O)c2nccnc2N)s1. The highest BCUT2D eigenvalue weighted by molar-refractivity contribution is 7.15. The highest BCUT2D eigenvalue weighted by Gasteiger charge is 2.15. The van der Waals surface area contributed by atoms with Crippen LogP contribution < -0.4 is 11.1 Å². The molecule has 8 heteroatoms. The summed E-state index contributed by atoms with van der Waals surface area (Å²) in [5.74, 6) is -0.0783. The Bertz CT molecular complexity index is 567. The smallest absolute Gasteiger partial charge is 0.279 e. The molecular formula is C10H12N6OS. The van der Waals surface area contributed by atoms with Crippen molar-refractivity contribution in [2.24, 2.45) is 0 Å². The Hall–Kier alpha value is -2.09. The summed E-state index contributed by atoms with van der Waals surface area (Å²) < 4.78 is 0. The van der Waals surface area contributed by atoms with Crippen LogP contribution in [0.5, 0.6) is 0 Å². The van der Waals surface area contributed by atoms with Crippen molar-refractivity contribution >= 4 is 28.2 Å². The van der Waals surface area contributed by atoms with Gasteiger partial charge in [-0.1, -0.05) is 25.2 Å². The molecule has 94 valence electrons. The van der Waals surface area contributed by atoms with Gasteiger partial charge in [0.2, 0.25) is 5.13 Å². The molecule has 18 heavy (non-hydrogen) atoms. The zero-order valence-corrected chi connectivity index (χ0v) is 10.7. The van der Waals surface area contributed by atoms with Gasteiger partial charge in [0, 0.05) is 18.3 Å². The highest BCUT2D eigenvalue weighted by atomic mass is 32.1. The molecule has 0 aliphatic heterocycles. The van der Waals surface area contributed by atoms with Crippen LogP contribution in [0.25, 0.3) is 0 Å². The van der Waals surface area contributed by atoms with Crippen LogP contribution in [0.2, 0.25) is 0 Å². The molecule has 0 radical (unpaired) electrons. The Morgan fingerprint density at radius 2 is 2.06 bits per heavy atom. The molecule has 0 atom stereocenters. The molecule has 2 aromatic heterocycles. The summed E-state index contributed by atoms with van der Waals surface area (Å²) in [5.41, 5.74) is 5.64. The van der Waals surface area contributed by atoms with Gasteiger partial charge in [-0.15, -0.1) is 10.2 Å². The van der Waals surface area contributed by atoms with E-state index in [4.69, 9.17) is 5.73 Å². The van der Waals surface area contributed by atoms with Crippen molar-refractivity contribution in [3.05, 3.63) is 23.1 Å². The molecule has 2 rings (SSSR count). The van der Waals surface area contributed by atoms with Crippen molar-refractivity contribution in [2.45, 2.75) is 19.8 Å². The first kappa shape index (κ1) is 12.4. The Morgan fingerprint density at radius 3 is 2.67 bits per heavy atom. The van der Waals surface area contributed by atoms with Crippen LogP contribution in [-0.4, -0.2) is 26.1 Å². The number of nitrogens with two attached hydrogens (primary N) is 1. The number of nitrogens with one attached hydrogen (secondary N) is 1. The van der Waals surface area contributed by atoms with E-state index in [0.717, 1.165) is 5.01 Å². The maximum Gasteiger partial charge on any atom is 0.279 e. The van der Waals surface area contributed by atoms with E-state index in [0.29, 0.717) is 5.13 Å². The minimum Gasteiger partial charge on any atom is -0.382 e. The van der Waals surface area contributed by atoms with Crippen LogP contribution in [0.1, 0.15) is 35.3 Å². The summed E-state index contributed by atoms with van der Waals surface area (Å²) in [7, 11) is 0. The molecule has 0 unspecified atom stereocenters. The minimum absolute atomic E-state index is 0.0822. The average molecular weight is 264 g/mol. The second kappa shape index (κ2) is 5.05. The number of nitrogen functional groups attached to an aromatic ring is 1. The molecule has 0 aliphatic carbocycles. The van der Waals surface area contributed by atoms with Gasteiger partial charge < -0.3 is 5.73 Å². The van der Waals surface area contributed by atoms with Gasteiger partial charge >= 0.3 is 0 Å². The Labute approximate surface area is 107 Å². The molecule has 3 N–H and O–H groups in total. The fourth-order valence-electron chi connectivity index (χ4n) is 1.20. The molecular weight excluding hydrogens is 252 g/mol. The Morgan fingerprint density at radius 1 is 1.33 bits per heavy atom. The molecule has 7 nitrogen and oxygen atoms in total. The number of amides is 1. The summed E-state index contributed by atoms with van der Waals surface area (Å²) >= 11 is 1.33. The lowest BCUT2D eigenvalue weighted by molar-refractivity contribution is 0.102. The van der Waals surface area contributed by atoms with Crippen molar-refractivity contribution < 1.29 is 4.79 Å². The third-order valence-corrected chi connectivity index (χ3v) is 3.24. The van der Waals surface area contributed by atoms with Gasteiger partial charge in [0.05, 0.1) is 0 Å². The van der Waals surface area contributed by atoms with Gasteiger partial charge in [0.1, 0.15) is 5.01 Å². The van der Waals surface area contributed by atoms with Crippen LogP contribution in [0, 0.1) is 0 Å². The predicted octanol–water partition coefficient (Wildman–Crippen LogP) is 1.29. The summed E-state index contributed by atoms with van der Waals surface area (Å²) in [6.45, 7) is 4.01. The number of hydrogen-bond acceptors (Lipinski definition) is 7. The monoisotopic (exact) mass is 264 g/mol. The summed E-state index contributed by atoms with van der Waals surface area (Å²) in [5, 5.41) is 11.7. The van der Waals surface area contributed by atoms with E-state index < -0.39 is 5.91 Å². The van der Waals surface area contributed by atoms with Gasteiger partial charge in [-0.3, -0.25) is 10.1 Å². The minimum atomic E-state index is -0.438. The second-order valence-electron chi connectivity index (χ2n) is 3.84. The summed E-state index contributed by atoms with van der Waals surface area (Å²) in [6, 6.07) is 0. The van der Waals surface area contributed by atoms with Crippen molar-refractivity contribution in [2.75, 3.05) is 11.1 Å². The lowest BCUT2D eigenvalue weighted by atomic mass is 10.2. The Kier molecular flexibility index (Phi) is 3.47. The largest absolute Gasteiger partial charge is 0.382 e. The molecule has 0 saturated carbocycles. The third-order valence-electron chi connectivity index (χ3n) is 2.10. The van der Waals surface area contributed by atoms with Gasteiger partial charge in [-0.25, -0.2) is 9.97 Å². The van der Waals surface area contributed by atoms with Crippen LogP contribution in [0.4, 0.5) is 10.9 Å². The van der Waals surface area contributed by atoms with Crippen LogP contribution in [0.3, 0.4) is 0 Å². The number of carbonyl (C=O) groups is 1. The fraction of sp³-hybridized carbons (Fsp3) is 0.300. The number of anilines is 2. The normalized spacial score (nSPS) is 10.6. The van der Waals surface area contributed by atoms with Gasteiger partial charge in [0.25, 0.3) is 5.91 Å². The van der Waals surface area contributed by atoms with Crippen LogP contribution in [0.15, 0.2) is 12.4 Å². The molecule has 0 saturated heterocycles. The molecule has 1 amide bonds. The molecule has 2 heterocycles. The molecule has 0 aliphatic rings. The van der Waals surface area contributed by atoms with Gasteiger partial charge in [-0.05, 0) is 0 Å². The van der Waals surface area contributed by atoms with Crippen molar-refractivity contribution in [3.8, 4) is 0 Å². The van der Waals surface area contributed by atoms with E-state index in [1.165, 1.54) is 23.7 Å². The maximum atomic E-state index is 11.9. The van der Waals surface area contributed by atoms with E-state index in [1.807, 2.05) is 13.8 Å². The van der Waals surface area contributed by atoms with Gasteiger partial charge in [-0.2, -0.15) is 0 Å². The van der Waals surface area contributed by atoms with Crippen LogP contribution in [-0.2, 0) is 0 Å². The van der Waals surface area contributed by atoms with Crippen molar-refractivity contribution in [1.82, 2.24) is 20.2 Å².